The van der Waals surface area contributed by atoms with Gasteiger partial charge in [-0.3, -0.25) is 10.1 Å². The molecule has 0 fully saturated rings. The van der Waals surface area contributed by atoms with Gasteiger partial charge in [-0.1, -0.05) is 0 Å². The minimum Gasteiger partial charge on any atom is -0.483 e. The van der Waals surface area contributed by atoms with E-state index in [4.69, 9.17) is 19.9 Å². The Labute approximate surface area is 115 Å². The molecule has 1 aliphatic rings. The van der Waals surface area contributed by atoms with Crippen LogP contribution in [0.15, 0.2) is 12.1 Å². The Bertz CT molecular complexity index is 532. The number of hydrogen-bond acceptors (Lipinski definition) is 6. The van der Waals surface area contributed by atoms with Crippen molar-refractivity contribution in [2.75, 3.05) is 20.4 Å². The van der Waals surface area contributed by atoms with E-state index in [1.165, 1.54) is 0 Å². The van der Waals surface area contributed by atoms with Gasteiger partial charge in [0.1, 0.15) is 5.75 Å². The van der Waals surface area contributed by atoms with Crippen molar-refractivity contribution in [2.45, 2.75) is 6.54 Å². The molecule has 0 saturated carbocycles. The van der Waals surface area contributed by atoms with Crippen molar-refractivity contribution in [3.05, 3.63) is 17.7 Å². The summed E-state index contributed by atoms with van der Waals surface area (Å²) in [5, 5.41) is 4.90. The van der Waals surface area contributed by atoms with Crippen molar-refractivity contribution in [1.82, 2.24) is 10.6 Å². The molecule has 0 radical (unpaired) electrons. The standard InChI is InChI=1S/C12H15N3O5/c1-14-4-7-2-9-10(20-6-19-9)3-8(7)18-5-11(16)15-12(13)17/h2-3,14H,4-6H2,1H3,(H3,13,15,16,17). The fourth-order valence-electron chi connectivity index (χ4n) is 1.75. The van der Waals surface area contributed by atoms with Crippen molar-refractivity contribution < 1.29 is 23.8 Å². The van der Waals surface area contributed by atoms with Crippen LogP contribution in [0, 0.1) is 0 Å². The van der Waals surface area contributed by atoms with Crippen molar-refractivity contribution >= 4 is 11.9 Å². The molecule has 0 atom stereocenters. The first-order valence-electron chi connectivity index (χ1n) is 5.89. The molecule has 2 rings (SSSR count). The van der Waals surface area contributed by atoms with E-state index >= 15 is 0 Å². The third-order valence-electron chi connectivity index (χ3n) is 2.54. The maximum atomic E-state index is 11.3. The molecular weight excluding hydrogens is 266 g/mol. The van der Waals surface area contributed by atoms with Crippen LogP contribution < -0.4 is 30.6 Å². The van der Waals surface area contributed by atoms with Crippen LogP contribution in [0.1, 0.15) is 5.56 Å². The smallest absolute Gasteiger partial charge is 0.318 e. The Morgan fingerprint density at radius 1 is 1.35 bits per heavy atom. The highest BCUT2D eigenvalue weighted by atomic mass is 16.7. The molecule has 1 aromatic carbocycles. The number of primary amides is 1. The van der Waals surface area contributed by atoms with Crippen LogP contribution in [-0.2, 0) is 11.3 Å². The molecule has 0 saturated heterocycles. The van der Waals surface area contributed by atoms with E-state index in [0.717, 1.165) is 5.56 Å². The van der Waals surface area contributed by atoms with Crippen LogP contribution >= 0.6 is 0 Å². The minimum atomic E-state index is -0.917. The summed E-state index contributed by atoms with van der Waals surface area (Å²) < 4.78 is 15.9. The SMILES string of the molecule is CNCc1cc2c(cc1OCC(=O)NC(N)=O)OCO2. The molecule has 108 valence electrons. The largest absolute Gasteiger partial charge is 0.483 e. The van der Waals surface area contributed by atoms with Crippen molar-refractivity contribution in [3.8, 4) is 17.2 Å². The molecule has 20 heavy (non-hydrogen) atoms. The summed E-state index contributed by atoms with van der Waals surface area (Å²) in [4.78, 5) is 21.9. The van der Waals surface area contributed by atoms with Gasteiger partial charge in [0.2, 0.25) is 6.79 Å². The number of ether oxygens (including phenoxy) is 3. The summed E-state index contributed by atoms with van der Waals surface area (Å²) >= 11 is 0. The van der Waals surface area contributed by atoms with Gasteiger partial charge < -0.3 is 25.3 Å². The van der Waals surface area contributed by atoms with Crippen molar-refractivity contribution in [1.29, 1.82) is 0 Å². The second-order valence-electron chi connectivity index (χ2n) is 4.04. The van der Waals surface area contributed by atoms with Crippen molar-refractivity contribution in [2.24, 2.45) is 5.73 Å². The highest BCUT2D eigenvalue weighted by Crippen LogP contribution is 2.38. The molecule has 8 heteroatoms. The highest BCUT2D eigenvalue weighted by molar-refractivity contribution is 5.94. The Morgan fingerprint density at radius 3 is 2.70 bits per heavy atom. The number of imide groups is 1. The molecule has 1 heterocycles. The zero-order valence-electron chi connectivity index (χ0n) is 10.9. The Kier molecular flexibility index (Phi) is 4.26. The van der Waals surface area contributed by atoms with Gasteiger partial charge in [-0.15, -0.1) is 0 Å². The van der Waals surface area contributed by atoms with Gasteiger partial charge >= 0.3 is 6.03 Å². The lowest BCUT2D eigenvalue weighted by Crippen LogP contribution is -2.38. The number of fused-ring (bicyclic) bond motifs is 1. The average molecular weight is 281 g/mol. The first-order valence-corrected chi connectivity index (χ1v) is 5.89. The maximum absolute atomic E-state index is 11.3. The molecule has 1 aliphatic heterocycles. The summed E-state index contributed by atoms with van der Waals surface area (Å²) in [5.74, 6) is 1.04. The molecule has 0 aromatic heterocycles. The Hall–Kier alpha value is -2.48. The number of nitrogens with one attached hydrogen (secondary N) is 2. The summed E-state index contributed by atoms with van der Waals surface area (Å²) in [5.41, 5.74) is 5.65. The highest BCUT2D eigenvalue weighted by Gasteiger charge is 2.18. The van der Waals surface area contributed by atoms with Crippen LogP contribution in [-0.4, -0.2) is 32.4 Å². The van der Waals surface area contributed by atoms with E-state index in [1.54, 1.807) is 19.2 Å². The number of carbonyl (C=O) groups is 2. The number of carbonyl (C=O) groups excluding carboxylic acids is 2. The Balaban J connectivity index is 2.09. The number of rotatable bonds is 5. The van der Waals surface area contributed by atoms with E-state index in [-0.39, 0.29) is 13.4 Å². The second-order valence-corrected chi connectivity index (χ2v) is 4.04. The zero-order valence-corrected chi connectivity index (χ0v) is 10.9. The molecule has 3 amide bonds. The van der Waals surface area contributed by atoms with E-state index in [2.05, 4.69) is 5.32 Å². The lowest BCUT2D eigenvalue weighted by molar-refractivity contribution is -0.121. The number of hydrogen-bond donors (Lipinski definition) is 3. The van der Waals surface area contributed by atoms with Gasteiger partial charge in [-0.05, 0) is 13.1 Å². The third-order valence-corrected chi connectivity index (χ3v) is 2.54. The fraction of sp³-hybridized carbons (Fsp3) is 0.333. The van der Waals surface area contributed by atoms with E-state index < -0.39 is 11.9 Å². The van der Waals surface area contributed by atoms with Crippen molar-refractivity contribution in [3.63, 3.8) is 0 Å². The van der Waals surface area contributed by atoms with Crippen LogP contribution in [0.4, 0.5) is 4.79 Å². The van der Waals surface area contributed by atoms with Gasteiger partial charge in [0, 0.05) is 18.2 Å². The predicted molar refractivity (Wildman–Crippen MR) is 68.5 cm³/mol. The topological polar surface area (TPSA) is 112 Å². The van der Waals surface area contributed by atoms with Gasteiger partial charge in [0.05, 0.1) is 0 Å². The lowest BCUT2D eigenvalue weighted by atomic mass is 10.1. The van der Waals surface area contributed by atoms with Gasteiger partial charge in [0.15, 0.2) is 18.1 Å². The normalized spacial score (nSPS) is 12.1. The van der Waals surface area contributed by atoms with E-state index in [0.29, 0.717) is 23.8 Å². The fourth-order valence-corrected chi connectivity index (χ4v) is 1.75. The monoisotopic (exact) mass is 281 g/mol. The van der Waals surface area contributed by atoms with Crippen LogP contribution in [0.5, 0.6) is 17.2 Å². The number of nitrogens with two attached hydrogens (primary N) is 1. The predicted octanol–water partition coefficient (Wildman–Crippen LogP) is -0.292. The van der Waals surface area contributed by atoms with Gasteiger partial charge in [0.25, 0.3) is 5.91 Å². The first kappa shape index (κ1) is 13.9. The maximum Gasteiger partial charge on any atom is 0.318 e. The van der Waals surface area contributed by atoms with E-state index in [1.807, 2.05) is 5.32 Å². The lowest BCUT2D eigenvalue weighted by Gasteiger charge is -2.12. The number of urea groups is 1. The Morgan fingerprint density at radius 2 is 2.05 bits per heavy atom. The molecule has 8 nitrogen and oxygen atoms in total. The van der Waals surface area contributed by atoms with Crippen LogP contribution in [0.3, 0.4) is 0 Å². The molecule has 1 aromatic rings. The average Bonchev–Trinajstić information content (AvgIpc) is 2.82. The quantitative estimate of drug-likeness (QED) is 0.683. The molecule has 0 aliphatic carbocycles. The number of benzene rings is 1. The molecule has 4 N–H and O–H groups in total. The van der Waals surface area contributed by atoms with Crippen LogP contribution in [0.25, 0.3) is 0 Å². The first-order chi connectivity index (χ1) is 9.60. The number of amides is 3. The van der Waals surface area contributed by atoms with Gasteiger partial charge in [-0.25, -0.2) is 4.79 Å². The molecule has 0 unspecified atom stereocenters. The molecule has 0 bridgehead atoms. The summed E-state index contributed by atoms with van der Waals surface area (Å²) in [6.07, 6.45) is 0. The minimum absolute atomic E-state index is 0.153. The zero-order chi connectivity index (χ0) is 14.5. The summed E-state index contributed by atoms with van der Waals surface area (Å²) in [6, 6.07) is 2.51. The van der Waals surface area contributed by atoms with Gasteiger partial charge in [-0.2, -0.15) is 0 Å². The van der Waals surface area contributed by atoms with E-state index in [9.17, 15) is 9.59 Å². The second kappa shape index (κ2) is 6.11. The van der Waals surface area contributed by atoms with Crippen LogP contribution in [0.2, 0.25) is 0 Å². The molecule has 0 spiro atoms. The molecular formula is C12H15N3O5. The third kappa shape index (κ3) is 3.29. The summed E-state index contributed by atoms with van der Waals surface area (Å²) in [6.45, 7) is 0.364. The summed E-state index contributed by atoms with van der Waals surface area (Å²) in [7, 11) is 1.79.